The fourth-order valence-corrected chi connectivity index (χ4v) is 1.84. The van der Waals surface area contributed by atoms with Gasteiger partial charge in [-0.1, -0.05) is 26.0 Å². The Kier molecular flexibility index (Phi) is 3.94. The number of hydrogen-bond acceptors (Lipinski definition) is 2. The van der Waals surface area contributed by atoms with Crippen LogP contribution in [0.5, 0.6) is 0 Å². The van der Waals surface area contributed by atoms with Gasteiger partial charge in [0.15, 0.2) is 0 Å². The monoisotopic (exact) mass is 229 g/mol. The molecule has 0 aliphatic heterocycles. The molecule has 2 heterocycles. The topological polar surface area (TPSA) is 20.5 Å². The van der Waals surface area contributed by atoms with Crippen LogP contribution in [-0.2, 0) is 0 Å². The van der Waals surface area contributed by atoms with Gasteiger partial charge in [0.25, 0.3) is 0 Å². The highest BCUT2D eigenvalue weighted by Gasteiger charge is 1.97. The quantitative estimate of drug-likeness (QED) is 0.785. The maximum absolute atomic E-state index is 4.52. The van der Waals surface area contributed by atoms with E-state index in [2.05, 4.69) is 35.9 Å². The number of fused-ring (bicyclic) bond motifs is 1. The highest BCUT2D eigenvalue weighted by atomic mass is 15.1. The normalized spacial score (nSPS) is 11.9. The van der Waals surface area contributed by atoms with Gasteiger partial charge in [-0.25, -0.2) is 4.98 Å². The van der Waals surface area contributed by atoms with Crippen LogP contribution in [0.15, 0.2) is 36.7 Å². The minimum atomic E-state index is 0.987. The van der Waals surface area contributed by atoms with Crippen LogP contribution < -0.4 is 0 Å². The van der Waals surface area contributed by atoms with Gasteiger partial charge in [0, 0.05) is 18.9 Å². The third-order valence-electron chi connectivity index (χ3n) is 2.93. The molecule has 0 fully saturated rings. The van der Waals surface area contributed by atoms with Crippen molar-refractivity contribution < 1.29 is 0 Å². The Bertz CT molecular complexity index is 462. The second kappa shape index (κ2) is 5.64. The highest BCUT2D eigenvalue weighted by molar-refractivity contribution is 5.51. The first kappa shape index (κ1) is 11.9. The molecule has 0 aliphatic carbocycles. The summed E-state index contributed by atoms with van der Waals surface area (Å²) in [5, 5.41) is 0. The molecule has 2 aromatic rings. The van der Waals surface area contributed by atoms with E-state index in [0.717, 1.165) is 31.0 Å². The number of likely N-dealkylation sites (N-methyl/N-ethyl adjacent to an activating group) is 1. The van der Waals surface area contributed by atoms with Crippen LogP contribution in [-0.4, -0.2) is 33.9 Å². The molecule has 0 atom stereocenters. The largest absolute Gasteiger partial charge is 0.306 e. The molecule has 0 saturated carbocycles. The Labute approximate surface area is 102 Å². The van der Waals surface area contributed by atoms with Crippen molar-refractivity contribution in [3.8, 4) is 0 Å². The Morgan fingerprint density at radius 3 is 2.82 bits per heavy atom. The Hall–Kier alpha value is -1.61. The van der Waals surface area contributed by atoms with Gasteiger partial charge in [-0.3, -0.25) is 0 Å². The van der Waals surface area contributed by atoms with Crippen LogP contribution in [0.2, 0.25) is 0 Å². The maximum atomic E-state index is 4.52. The summed E-state index contributed by atoms with van der Waals surface area (Å²) in [6.07, 6.45) is 8.33. The number of imidazole rings is 1. The predicted octanol–water partition coefficient (Wildman–Crippen LogP) is 2.69. The average Bonchev–Trinajstić information content (AvgIpc) is 2.77. The first-order valence-corrected chi connectivity index (χ1v) is 6.16. The van der Waals surface area contributed by atoms with Crippen LogP contribution in [0.25, 0.3) is 11.7 Å². The molecule has 0 radical (unpaired) electrons. The summed E-state index contributed by atoms with van der Waals surface area (Å²) in [5.41, 5.74) is 2.01. The van der Waals surface area contributed by atoms with Gasteiger partial charge >= 0.3 is 0 Å². The smallest absolute Gasteiger partial charge is 0.137 e. The van der Waals surface area contributed by atoms with Crippen molar-refractivity contribution >= 4 is 11.7 Å². The number of hydrogen-bond donors (Lipinski definition) is 0. The molecule has 0 saturated heterocycles. The molecule has 0 spiro atoms. The summed E-state index contributed by atoms with van der Waals surface area (Å²) in [6.45, 7) is 7.53. The minimum absolute atomic E-state index is 0.987. The minimum Gasteiger partial charge on any atom is -0.306 e. The fourth-order valence-electron chi connectivity index (χ4n) is 1.84. The predicted molar refractivity (Wildman–Crippen MR) is 72.0 cm³/mol. The average molecular weight is 229 g/mol. The van der Waals surface area contributed by atoms with Gasteiger partial charge in [-0.15, -0.1) is 0 Å². The summed E-state index contributed by atoms with van der Waals surface area (Å²) in [6, 6.07) is 6.03. The van der Waals surface area contributed by atoms with Gasteiger partial charge in [0.1, 0.15) is 5.65 Å². The third-order valence-corrected chi connectivity index (χ3v) is 2.93. The molecule has 3 heteroatoms. The summed E-state index contributed by atoms with van der Waals surface area (Å²) >= 11 is 0. The van der Waals surface area contributed by atoms with Crippen molar-refractivity contribution in [1.29, 1.82) is 0 Å². The van der Waals surface area contributed by atoms with E-state index in [1.807, 2.05) is 35.0 Å². The zero-order valence-electron chi connectivity index (χ0n) is 10.5. The van der Waals surface area contributed by atoms with E-state index in [-0.39, 0.29) is 0 Å². The lowest BCUT2D eigenvalue weighted by atomic mass is 10.4. The Morgan fingerprint density at radius 2 is 2.12 bits per heavy atom. The molecular formula is C14H19N3. The van der Waals surface area contributed by atoms with Gasteiger partial charge in [0.05, 0.1) is 5.69 Å². The fraction of sp³-hybridized carbons (Fsp3) is 0.357. The molecule has 0 aliphatic rings. The van der Waals surface area contributed by atoms with E-state index < -0.39 is 0 Å². The second-order valence-corrected chi connectivity index (χ2v) is 4.02. The molecular weight excluding hydrogens is 210 g/mol. The van der Waals surface area contributed by atoms with Crippen LogP contribution in [0.4, 0.5) is 0 Å². The van der Waals surface area contributed by atoms with Crippen LogP contribution in [0.1, 0.15) is 19.5 Å². The standard InChI is InChI=1S/C14H19N3/c1-3-16(4-2)10-7-8-13-12-17-11-6-5-9-14(17)15-13/h5-9,11-12H,3-4,10H2,1-2H3. The van der Waals surface area contributed by atoms with Crippen LogP contribution >= 0.6 is 0 Å². The van der Waals surface area contributed by atoms with E-state index in [0.29, 0.717) is 0 Å². The Balaban J connectivity index is 2.05. The van der Waals surface area contributed by atoms with Gasteiger partial charge < -0.3 is 9.30 Å². The maximum Gasteiger partial charge on any atom is 0.137 e. The SMILES string of the molecule is CCN(CC)CC=Cc1cn2ccccc2n1. The zero-order valence-corrected chi connectivity index (χ0v) is 10.5. The van der Waals surface area contributed by atoms with E-state index in [4.69, 9.17) is 0 Å². The molecule has 2 rings (SSSR count). The van der Waals surface area contributed by atoms with Crippen molar-refractivity contribution in [2.24, 2.45) is 0 Å². The van der Waals surface area contributed by atoms with Gasteiger partial charge in [0.2, 0.25) is 0 Å². The lowest BCUT2D eigenvalue weighted by molar-refractivity contribution is 0.338. The summed E-state index contributed by atoms with van der Waals surface area (Å²) < 4.78 is 2.04. The molecule has 90 valence electrons. The van der Waals surface area contributed by atoms with Gasteiger partial charge in [-0.05, 0) is 31.3 Å². The third kappa shape index (κ3) is 2.94. The van der Waals surface area contributed by atoms with Crippen molar-refractivity contribution in [3.05, 3.63) is 42.4 Å². The molecule has 0 unspecified atom stereocenters. The lowest BCUT2D eigenvalue weighted by Gasteiger charge is -2.14. The first-order chi connectivity index (χ1) is 8.33. The van der Waals surface area contributed by atoms with Crippen molar-refractivity contribution in [2.75, 3.05) is 19.6 Å². The van der Waals surface area contributed by atoms with Crippen molar-refractivity contribution in [2.45, 2.75) is 13.8 Å². The van der Waals surface area contributed by atoms with Crippen molar-refractivity contribution in [3.63, 3.8) is 0 Å². The van der Waals surface area contributed by atoms with E-state index in [1.54, 1.807) is 0 Å². The molecule has 0 aromatic carbocycles. The number of nitrogens with zero attached hydrogens (tertiary/aromatic N) is 3. The molecule has 17 heavy (non-hydrogen) atoms. The second-order valence-electron chi connectivity index (χ2n) is 4.02. The summed E-state index contributed by atoms with van der Waals surface area (Å²) in [7, 11) is 0. The molecule has 3 nitrogen and oxygen atoms in total. The van der Waals surface area contributed by atoms with Crippen molar-refractivity contribution in [1.82, 2.24) is 14.3 Å². The molecule has 2 aromatic heterocycles. The number of aromatic nitrogens is 2. The molecule has 0 amide bonds. The Morgan fingerprint density at radius 1 is 1.29 bits per heavy atom. The van der Waals surface area contributed by atoms with Crippen LogP contribution in [0, 0.1) is 0 Å². The van der Waals surface area contributed by atoms with Crippen LogP contribution in [0.3, 0.4) is 0 Å². The summed E-state index contributed by atoms with van der Waals surface area (Å²) in [5.74, 6) is 0. The van der Waals surface area contributed by atoms with E-state index in [9.17, 15) is 0 Å². The van der Waals surface area contributed by atoms with E-state index in [1.165, 1.54) is 0 Å². The van der Waals surface area contributed by atoms with E-state index >= 15 is 0 Å². The number of rotatable bonds is 5. The molecule has 0 bridgehead atoms. The van der Waals surface area contributed by atoms with Gasteiger partial charge in [-0.2, -0.15) is 0 Å². The first-order valence-electron chi connectivity index (χ1n) is 6.16. The zero-order chi connectivity index (χ0) is 12.1. The summed E-state index contributed by atoms with van der Waals surface area (Å²) in [4.78, 5) is 6.89. The lowest BCUT2D eigenvalue weighted by Crippen LogP contribution is -2.22. The highest BCUT2D eigenvalue weighted by Crippen LogP contribution is 2.05. The molecule has 0 N–H and O–H groups in total. The number of pyridine rings is 1.